The standard InChI is InChI=1S/C37H45N5O/c38-32-22-16-28(17-23-32)14-15-29-18-24-33(25-19-29)40-36(43)13-7-5-3-1-2-4-6-10-26-42-35(39)27-31-21-20-30-11-8-9-12-34(30)37(31)41-42/h8-9,11-12,14-19,22-25,27,30,34,39H,1-7,10,13,20-21,26,38H2,(H,40,43). The molecule has 0 fully saturated rings. The molecule has 3 aromatic rings. The third-order valence-electron chi connectivity index (χ3n) is 8.58. The minimum absolute atomic E-state index is 0.0821. The Labute approximate surface area is 255 Å². The van der Waals surface area contributed by atoms with E-state index in [4.69, 9.17) is 16.2 Å². The summed E-state index contributed by atoms with van der Waals surface area (Å²) in [4.78, 5) is 12.4. The fourth-order valence-electron chi connectivity index (χ4n) is 6.07. The number of allylic oxidation sites excluding steroid dienone is 4. The first kappa shape index (κ1) is 30.3. The summed E-state index contributed by atoms with van der Waals surface area (Å²) < 4.78 is 1.91. The highest BCUT2D eigenvalue weighted by Gasteiger charge is 2.29. The predicted molar refractivity (Wildman–Crippen MR) is 177 cm³/mol. The quantitative estimate of drug-likeness (QED) is 0.103. The zero-order valence-corrected chi connectivity index (χ0v) is 25.2. The number of carbonyl (C=O) groups excluding carboxylic acids is 1. The van der Waals surface area contributed by atoms with Gasteiger partial charge < -0.3 is 11.1 Å². The summed E-state index contributed by atoms with van der Waals surface area (Å²) in [6.45, 7) is 0.821. The molecule has 43 heavy (non-hydrogen) atoms. The Morgan fingerprint density at radius 3 is 2.23 bits per heavy atom. The van der Waals surface area contributed by atoms with Crippen LogP contribution >= 0.6 is 0 Å². The first-order chi connectivity index (χ1) is 21.0. The van der Waals surface area contributed by atoms with Crippen molar-refractivity contribution in [1.82, 2.24) is 9.78 Å². The van der Waals surface area contributed by atoms with Gasteiger partial charge in [-0.3, -0.25) is 10.2 Å². The van der Waals surface area contributed by atoms with Crippen molar-refractivity contribution in [3.63, 3.8) is 0 Å². The van der Waals surface area contributed by atoms with Gasteiger partial charge in [-0.05, 0) is 78.6 Å². The number of amides is 1. The van der Waals surface area contributed by atoms with Gasteiger partial charge in [-0.1, -0.05) is 99.2 Å². The average Bonchev–Trinajstić information content (AvgIpc) is 3.02. The summed E-state index contributed by atoms with van der Waals surface area (Å²) in [6, 6.07) is 17.7. The number of hydrogen-bond donors (Lipinski definition) is 3. The summed E-state index contributed by atoms with van der Waals surface area (Å²) >= 11 is 0. The van der Waals surface area contributed by atoms with Gasteiger partial charge in [0.1, 0.15) is 5.49 Å². The number of aryl methyl sites for hydroxylation is 2. The molecule has 6 heteroatoms. The Morgan fingerprint density at radius 1 is 0.884 bits per heavy atom. The molecule has 1 heterocycles. The van der Waals surface area contributed by atoms with Crippen LogP contribution in [0.4, 0.5) is 11.4 Å². The second kappa shape index (κ2) is 15.3. The van der Waals surface area contributed by atoms with Crippen molar-refractivity contribution in [2.45, 2.75) is 83.1 Å². The summed E-state index contributed by atoms with van der Waals surface area (Å²) in [5.41, 5.74) is 12.5. The number of anilines is 2. The van der Waals surface area contributed by atoms with Gasteiger partial charge in [0, 0.05) is 30.3 Å². The first-order valence-corrected chi connectivity index (χ1v) is 16.0. The highest BCUT2D eigenvalue weighted by molar-refractivity contribution is 5.90. The number of unbranched alkanes of at least 4 members (excludes halogenated alkanes) is 7. The van der Waals surface area contributed by atoms with Crippen LogP contribution in [0.3, 0.4) is 0 Å². The van der Waals surface area contributed by atoms with Crippen LogP contribution in [0.25, 0.3) is 12.2 Å². The molecule has 0 aliphatic heterocycles. The van der Waals surface area contributed by atoms with Crippen molar-refractivity contribution in [2.24, 2.45) is 5.92 Å². The van der Waals surface area contributed by atoms with E-state index in [-0.39, 0.29) is 5.91 Å². The van der Waals surface area contributed by atoms with Gasteiger partial charge in [-0.2, -0.15) is 5.10 Å². The number of fused-ring (bicyclic) bond motifs is 3. The number of hydrogen-bond acceptors (Lipinski definition) is 4. The third kappa shape index (κ3) is 8.90. The second-order valence-corrected chi connectivity index (χ2v) is 11.9. The summed E-state index contributed by atoms with van der Waals surface area (Å²) in [5, 5.41) is 16.4. The molecular weight excluding hydrogens is 530 g/mol. The predicted octanol–water partition coefficient (Wildman–Crippen LogP) is 8.04. The highest BCUT2D eigenvalue weighted by Crippen LogP contribution is 2.37. The molecule has 224 valence electrons. The molecule has 0 bridgehead atoms. The van der Waals surface area contributed by atoms with E-state index in [0.29, 0.717) is 23.7 Å². The van der Waals surface area contributed by atoms with E-state index >= 15 is 0 Å². The van der Waals surface area contributed by atoms with Crippen LogP contribution < -0.4 is 16.5 Å². The van der Waals surface area contributed by atoms with E-state index in [1.807, 2.05) is 65.4 Å². The lowest BCUT2D eigenvalue weighted by molar-refractivity contribution is -0.116. The molecular formula is C37H45N5O. The van der Waals surface area contributed by atoms with E-state index in [1.54, 1.807) is 0 Å². The van der Waals surface area contributed by atoms with Crippen molar-refractivity contribution < 1.29 is 4.79 Å². The number of nitrogens with two attached hydrogens (primary N) is 1. The molecule has 5 rings (SSSR count). The Bertz CT molecular complexity index is 1500. The van der Waals surface area contributed by atoms with Gasteiger partial charge in [0.15, 0.2) is 0 Å². The molecule has 0 radical (unpaired) electrons. The van der Waals surface area contributed by atoms with Crippen molar-refractivity contribution in [3.8, 4) is 0 Å². The largest absolute Gasteiger partial charge is 0.399 e. The molecule has 6 nitrogen and oxygen atoms in total. The van der Waals surface area contributed by atoms with Crippen molar-refractivity contribution in [1.29, 1.82) is 5.41 Å². The number of nitrogens with zero attached hydrogens (tertiary/aromatic N) is 2. The average molecular weight is 576 g/mol. The Morgan fingerprint density at radius 2 is 1.51 bits per heavy atom. The summed E-state index contributed by atoms with van der Waals surface area (Å²) in [7, 11) is 0. The maximum atomic E-state index is 12.4. The SMILES string of the molecule is N=c1cc2c(nn1CCCCCCCCCCC(=O)Nc1ccc(C=Cc3ccc(N)cc3)cc1)C1C=CC=CC1CC2. The fraction of sp³-hybridized carbons (Fsp3) is 0.378. The van der Waals surface area contributed by atoms with Crippen molar-refractivity contribution in [2.75, 3.05) is 11.1 Å². The minimum atomic E-state index is 0.0821. The molecule has 4 N–H and O–H groups in total. The second-order valence-electron chi connectivity index (χ2n) is 11.9. The Balaban J connectivity index is 0.913. The maximum Gasteiger partial charge on any atom is 0.224 e. The maximum absolute atomic E-state index is 12.4. The minimum Gasteiger partial charge on any atom is -0.399 e. The molecule has 2 aromatic carbocycles. The fourth-order valence-corrected chi connectivity index (χ4v) is 6.07. The number of aromatic nitrogens is 2. The molecule has 2 unspecified atom stereocenters. The summed E-state index contributed by atoms with van der Waals surface area (Å²) in [5.74, 6) is 1.00. The normalized spacial score (nSPS) is 17.1. The van der Waals surface area contributed by atoms with Crippen LogP contribution in [-0.2, 0) is 17.8 Å². The molecule has 2 aliphatic rings. The van der Waals surface area contributed by atoms with Crippen LogP contribution in [0.5, 0.6) is 0 Å². The molecule has 0 spiro atoms. The number of carbonyl (C=O) groups is 1. The zero-order chi connectivity index (χ0) is 29.9. The lowest BCUT2D eigenvalue weighted by atomic mass is 9.76. The topological polar surface area (TPSA) is 96.8 Å². The zero-order valence-electron chi connectivity index (χ0n) is 25.2. The van der Waals surface area contributed by atoms with E-state index < -0.39 is 0 Å². The van der Waals surface area contributed by atoms with E-state index in [1.165, 1.54) is 36.9 Å². The number of rotatable bonds is 14. The monoisotopic (exact) mass is 575 g/mol. The van der Waals surface area contributed by atoms with Crippen LogP contribution in [0, 0.1) is 11.3 Å². The molecule has 1 amide bonds. The van der Waals surface area contributed by atoms with E-state index in [9.17, 15) is 4.79 Å². The highest BCUT2D eigenvalue weighted by atomic mass is 16.1. The first-order valence-electron chi connectivity index (χ1n) is 16.0. The molecule has 1 aromatic heterocycles. The molecule has 0 saturated heterocycles. The van der Waals surface area contributed by atoms with Crippen molar-refractivity contribution >= 4 is 29.4 Å². The van der Waals surface area contributed by atoms with Gasteiger partial charge in [-0.25, -0.2) is 4.68 Å². The smallest absolute Gasteiger partial charge is 0.224 e. The van der Waals surface area contributed by atoms with E-state index in [0.717, 1.165) is 67.6 Å². The van der Waals surface area contributed by atoms with Gasteiger partial charge in [0.2, 0.25) is 5.91 Å². The van der Waals surface area contributed by atoms with Gasteiger partial charge >= 0.3 is 0 Å². The Kier molecular flexibility index (Phi) is 10.8. The number of nitrogens with one attached hydrogen (secondary N) is 2. The van der Waals surface area contributed by atoms with Crippen molar-refractivity contribution in [3.05, 3.63) is 107 Å². The summed E-state index contributed by atoms with van der Waals surface area (Å²) in [6.07, 6.45) is 24.8. The number of nitrogen functional groups attached to an aromatic ring is 1. The van der Waals surface area contributed by atoms with Crippen LogP contribution in [0.2, 0.25) is 0 Å². The molecule has 2 aliphatic carbocycles. The molecule has 0 saturated carbocycles. The lowest BCUT2D eigenvalue weighted by Crippen LogP contribution is -2.30. The molecule has 2 atom stereocenters. The Hall–Kier alpha value is -4.19. The van der Waals surface area contributed by atoms with E-state index in [2.05, 4.69) is 35.7 Å². The lowest BCUT2D eigenvalue weighted by Gasteiger charge is -2.30. The number of benzene rings is 2. The van der Waals surface area contributed by atoms with Gasteiger partial charge in [0.25, 0.3) is 0 Å². The van der Waals surface area contributed by atoms with Gasteiger partial charge in [-0.15, -0.1) is 0 Å². The van der Waals surface area contributed by atoms with Crippen LogP contribution in [-0.4, -0.2) is 15.7 Å². The third-order valence-corrected chi connectivity index (χ3v) is 8.58. The van der Waals surface area contributed by atoms with Crippen LogP contribution in [0.1, 0.15) is 92.5 Å². The van der Waals surface area contributed by atoms with Gasteiger partial charge in [0.05, 0.1) is 5.69 Å². The van der Waals surface area contributed by atoms with Crippen LogP contribution in [0.15, 0.2) is 78.9 Å².